The summed E-state index contributed by atoms with van der Waals surface area (Å²) in [7, 11) is 0. The molecule has 2 aliphatic heterocycles. The van der Waals surface area contributed by atoms with E-state index in [4.69, 9.17) is 11.6 Å². The highest BCUT2D eigenvalue weighted by molar-refractivity contribution is 6.31. The van der Waals surface area contributed by atoms with Crippen molar-refractivity contribution >= 4 is 40.2 Å². The summed E-state index contributed by atoms with van der Waals surface area (Å²) in [4.78, 5) is 44.8. The number of amides is 3. The Hall–Kier alpha value is -3.12. The fraction of sp³-hybridized carbons (Fsp3) is 0.320. The van der Waals surface area contributed by atoms with Crippen LogP contribution in [0.1, 0.15) is 69.4 Å². The van der Waals surface area contributed by atoms with Gasteiger partial charge in [-0.05, 0) is 69.2 Å². The average molecular weight is 450 g/mol. The summed E-state index contributed by atoms with van der Waals surface area (Å²) in [5.74, 6) is -0.367. The van der Waals surface area contributed by atoms with Crippen LogP contribution in [0.25, 0.3) is 10.9 Å². The second-order valence-corrected chi connectivity index (χ2v) is 9.29. The maximum Gasteiger partial charge on any atom is 0.261 e. The molecule has 0 radical (unpaired) electrons. The lowest BCUT2D eigenvalue weighted by Gasteiger charge is -2.31. The van der Waals surface area contributed by atoms with Crippen LogP contribution in [0.2, 0.25) is 5.02 Å². The normalized spacial score (nSPS) is 17.0. The van der Waals surface area contributed by atoms with E-state index in [-0.39, 0.29) is 23.8 Å². The second kappa shape index (κ2) is 7.78. The number of piperidine rings is 1. The zero-order valence-electron chi connectivity index (χ0n) is 18.0. The molecule has 1 aromatic heterocycles. The monoisotopic (exact) mass is 449 g/mol. The molecule has 1 N–H and O–H groups in total. The van der Waals surface area contributed by atoms with Crippen LogP contribution in [-0.4, -0.2) is 51.6 Å². The van der Waals surface area contributed by atoms with Gasteiger partial charge in [-0.15, -0.1) is 0 Å². The molecule has 0 saturated carbocycles. The number of likely N-dealkylation sites (tertiary alicyclic amines) is 1. The predicted octanol–water partition coefficient (Wildman–Crippen LogP) is 4.85. The van der Waals surface area contributed by atoms with Crippen molar-refractivity contribution in [2.24, 2.45) is 0 Å². The van der Waals surface area contributed by atoms with Crippen molar-refractivity contribution in [3.8, 4) is 0 Å². The number of hydrogen-bond donors (Lipinski definition) is 1. The summed E-state index contributed by atoms with van der Waals surface area (Å²) in [5.41, 5.74) is 3.38. The molecule has 3 amide bonds. The van der Waals surface area contributed by atoms with Crippen LogP contribution < -0.4 is 0 Å². The van der Waals surface area contributed by atoms with Crippen molar-refractivity contribution in [1.82, 2.24) is 14.8 Å². The minimum absolute atomic E-state index is 0.0991. The summed E-state index contributed by atoms with van der Waals surface area (Å²) in [6.45, 7) is 4.89. The number of aromatic nitrogens is 1. The van der Waals surface area contributed by atoms with E-state index >= 15 is 0 Å². The van der Waals surface area contributed by atoms with Gasteiger partial charge >= 0.3 is 0 Å². The molecule has 0 spiro atoms. The molecule has 2 aromatic carbocycles. The number of hydrogen-bond acceptors (Lipinski definition) is 3. The highest BCUT2D eigenvalue weighted by Gasteiger charge is 2.38. The first-order valence-electron chi connectivity index (χ1n) is 10.9. The van der Waals surface area contributed by atoms with Crippen LogP contribution >= 0.6 is 11.6 Å². The van der Waals surface area contributed by atoms with Gasteiger partial charge < -0.3 is 9.88 Å². The van der Waals surface area contributed by atoms with E-state index in [9.17, 15) is 14.4 Å². The molecule has 6 nitrogen and oxygen atoms in total. The van der Waals surface area contributed by atoms with Crippen molar-refractivity contribution in [3.63, 3.8) is 0 Å². The maximum atomic E-state index is 13.1. The first kappa shape index (κ1) is 20.8. The average Bonchev–Trinajstić information content (AvgIpc) is 3.31. The summed E-state index contributed by atoms with van der Waals surface area (Å²) in [6, 6.07) is 12.6. The van der Waals surface area contributed by atoms with E-state index in [1.807, 2.05) is 23.1 Å². The summed E-state index contributed by atoms with van der Waals surface area (Å²) in [5, 5.41) is 1.81. The standard InChI is InChI=1S/C25H24ClN3O3/c1-14(2)29-24(31)19-5-3-16(12-20(19)25(29)32)23(30)28-9-7-15(8-10-28)22-13-17-11-18(26)4-6-21(17)27-22/h3-6,11-15,27H,7-10H2,1-2H3. The Balaban J connectivity index is 1.30. The van der Waals surface area contributed by atoms with Crippen molar-refractivity contribution in [1.29, 1.82) is 0 Å². The van der Waals surface area contributed by atoms with E-state index in [0.717, 1.165) is 28.8 Å². The fourth-order valence-electron chi connectivity index (χ4n) is 4.78. The minimum atomic E-state index is -0.327. The number of fused-ring (bicyclic) bond motifs is 2. The Kier molecular flexibility index (Phi) is 5.05. The second-order valence-electron chi connectivity index (χ2n) is 8.86. The Bertz CT molecular complexity index is 1250. The number of H-pyrrole nitrogens is 1. The Labute approximate surface area is 191 Å². The molecular formula is C25H24ClN3O3. The summed E-state index contributed by atoms with van der Waals surface area (Å²) >= 11 is 6.10. The Morgan fingerprint density at radius 2 is 1.72 bits per heavy atom. The van der Waals surface area contributed by atoms with E-state index in [1.54, 1.807) is 32.0 Å². The molecule has 2 aliphatic rings. The number of carbonyl (C=O) groups excluding carboxylic acids is 3. The first-order valence-corrected chi connectivity index (χ1v) is 11.3. The third kappa shape index (κ3) is 3.39. The van der Waals surface area contributed by atoms with Gasteiger partial charge in [0.1, 0.15) is 0 Å². The third-order valence-electron chi connectivity index (χ3n) is 6.51. The number of rotatable bonds is 3. The van der Waals surface area contributed by atoms with Gasteiger partial charge in [-0.25, -0.2) is 0 Å². The van der Waals surface area contributed by atoms with E-state index < -0.39 is 0 Å². The Morgan fingerprint density at radius 1 is 1.00 bits per heavy atom. The minimum Gasteiger partial charge on any atom is -0.358 e. The lowest BCUT2D eigenvalue weighted by molar-refractivity contribution is 0.0608. The van der Waals surface area contributed by atoms with Crippen molar-refractivity contribution in [3.05, 3.63) is 69.9 Å². The maximum absolute atomic E-state index is 13.1. The van der Waals surface area contributed by atoms with Crippen LogP contribution in [0.3, 0.4) is 0 Å². The van der Waals surface area contributed by atoms with Gasteiger partial charge in [0.25, 0.3) is 17.7 Å². The van der Waals surface area contributed by atoms with Crippen LogP contribution in [-0.2, 0) is 0 Å². The van der Waals surface area contributed by atoms with Crippen molar-refractivity contribution < 1.29 is 14.4 Å². The number of nitrogens with one attached hydrogen (secondary N) is 1. The smallest absolute Gasteiger partial charge is 0.261 e. The topological polar surface area (TPSA) is 73.5 Å². The molecule has 3 aromatic rings. The third-order valence-corrected chi connectivity index (χ3v) is 6.74. The SMILES string of the molecule is CC(C)N1C(=O)c2ccc(C(=O)N3CCC(c4cc5cc(Cl)ccc5[nH]4)CC3)cc2C1=O. The molecule has 3 heterocycles. The molecule has 7 heteroatoms. The van der Waals surface area contributed by atoms with E-state index in [2.05, 4.69) is 11.1 Å². The van der Waals surface area contributed by atoms with Gasteiger partial charge in [-0.1, -0.05) is 11.6 Å². The molecule has 1 saturated heterocycles. The predicted molar refractivity (Wildman–Crippen MR) is 123 cm³/mol. The number of imide groups is 1. The van der Waals surface area contributed by atoms with E-state index in [1.165, 1.54) is 10.6 Å². The number of carbonyl (C=O) groups is 3. The summed E-state index contributed by atoms with van der Waals surface area (Å²) < 4.78 is 0. The van der Waals surface area contributed by atoms with Gasteiger partial charge in [0, 0.05) is 52.2 Å². The number of aromatic amines is 1. The van der Waals surface area contributed by atoms with Gasteiger partial charge in [0.2, 0.25) is 0 Å². The van der Waals surface area contributed by atoms with Crippen LogP contribution in [0, 0.1) is 0 Å². The summed E-state index contributed by atoms with van der Waals surface area (Å²) in [6.07, 6.45) is 1.71. The molecule has 164 valence electrons. The van der Waals surface area contributed by atoms with Crippen LogP contribution in [0.15, 0.2) is 42.5 Å². The van der Waals surface area contributed by atoms with Crippen molar-refractivity contribution in [2.75, 3.05) is 13.1 Å². The molecule has 0 bridgehead atoms. The molecule has 0 atom stereocenters. The molecule has 1 fully saturated rings. The number of nitrogens with zero attached hydrogens (tertiary/aromatic N) is 2. The van der Waals surface area contributed by atoms with E-state index in [0.29, 0.717) is 35.7 Å². The van der Waals surface area contributed by atoms with Gasteiger partial charge in [0.15, 0.2) is 0 Å². The van der Waals surface area contributed by atoms with Crippen LogP contribution in [0.4, 0.5) is 0 Å². The van der Waals surface area contributed by atoms with Crippen molar-refractivity contribution in [2.45, 2.75) is 38.6 Å². The first-order chi connectivity index (χ1) is 15.3. The molecule has 5 rings (SSSR count). The lowest BCUT2D eigenvalue weighted by Crippen LogP contribution is -2.38. The Morgan fingerprint density at radius 3 is 2.44 bits per heavy atom. The fourth-order valence-corrected chi connectivity index (χ4v) is 4.96. The van der Waals surface area contributed by atoms with Gasteiger partial charge in [0.05, 0.1) is 11.1 Å². The molecule has 0 aliphatic carbocycles. The highest BCUT2D eigenvalue weighted by atomic mass is 35.5. The number of benzene rings is 2. The lowest BCUT2D eigenvalue weighted by atomic mass is 9.93. The largest absolute Gasteiger partial charge is 0.358 e. The van der Waals surface area contributed by atoms with Gasteiger partial charge in [-0.3, -0.25) is 19.3 Å². The number of halogens is 1. The van der Waals surface area contributed by atoms with Gasteiger partial charge in [-0.2, -0.15) is 0 Å². The highest BCUT2D eigenvalue weighted by Crippen LogP contribution is 2.32. The molecule has 0 unspecified atom stereocenters. The zero-order chi connectivity index (χ0) is 22.6. The molecule has 32 heavy (non-hydrogen) atoms. The van der Waals surface area contributed by atoms with Crippen LogP contribution in [0.5, 0.6) is 0 Å². The molecular weight excluding hydrogens is 426 g/mol. The quantitative estimate of drug-likeness (QED) is 0.581. The zero-order valence-corrected chi connectivity index (χ0v) is 18.8.